The minimum atomic E-state index is 0.325. The van der Waals surface area contributed by atoms with E-state index in [9.17, 15) is 0 Å². The summed E-state index contributed by atoms with van der Waals surface area (Å²) in [4.78, 5) is 0. The molecule has 0 radical (unpaired) electrons. The highest BCUT2D eigenvalue weighted by atomic mass is 16.4. The molecule has 0 aliphatic heterocycles. The number of hydrogen-bond donors (Lipinski definition) is 3. The van der Waals surface area contributed by atoms with Gasteiger partial charge in [-0.1, -0.05) is 12.1 Å². The molecule has 4 nitrogen and oxygen atoms in total. The van der Waals surface area contributed by atoms with Crippen molar-refractivity contribution in [2.75, 3.05) is 13.1 Å². The monoisotopic (exact) mass is 173 g/mol. The minimum Gasteiger partial charge on any atom is -0.409 e. The molecule has 0 bridgehead atoms. The molecule has 4 heteroatoms. The third-order valence-electron chi connectivity index (χ3n) is 1.59. The lowest BCUT2D eigenvalue weighted by Gasteiger charge is -2.01. The van der Waals surface area contributed by atoms with E-state index < -0.39 is 0 Å². The van der Waals surface area contributed by atoms with Crippen LogP contribution in [0, 0.1) is 0 Å². The van der Waals surface area contributed by atoms with Crippen molar-refractivity contribution in [1.82, 2.24) is 5.32 Å². The zero-order valence-corrected chi connectivity index (χ0v) is 7.71. The number of nitrogens with two attached hydrogens (primary N) is 1. The predicted molar refractivity (Wildman–Crippen MR) is 50.4 cm³/mol. The molecule has 0 amide bonds. The fourth-order valence-electron chi connectivity index (χ4n) is 0.908. The molecule has 0 saturated carbocycles. The highest BCUT2D eigenvalue weighted by Crippen LogP contribution is 1.93. The van der Waals surface area contributed by atoms with Gasteiger partial charge in [-0.3, -0.25) is 0 Å². The summed E-state index contributed by atoms with van der Waals surface area (Å²) in [6.07, 6.45) is 3.91. The van der Waals surface area contributed by atoms with E-state index in [-0.39, 0.29) is 0 Å². The smallest absolute Gasteiger partial charge is 0.139 e. The number of oxime groups is 1. The summed E-state index contributed by atoms with van der Waals surface area (Å²) in [7, 11) is 0. The van der Waals surface area contributed by atoms with E-state index in [1.807, 2.05) is 0 Å². The second-order valence-corrected chi connectivity index (χ2v) is 2.80. The summed E-state index contributed by atoms with van der Waals surface area (Å²) in [5, 5.41) is 14.4. The Labute approximate surface area is 73.8 Å². The Balaban J connectivity index is 3.00. The van der Waals surface area contributed by atoms with Crippen LogP contribution in [0.4, 0.5) is 0 Å². The molecule has 0 aromatic carbocycles. The standard InChI is InChI=1S/C8H19N3O/c1-2-6-10-7-4-3-5-8(9)11-12/h10,12H,2-7H2,1H3,(H2,9,11). The van der Waals surface area contributed by atoms with Crippen molar-refractivity contribution in [3.63, 3.8) is 0 Å². The van der Waals surface area contributed by atoms with Crippen LogP contribution in [-0.2, 0) is 0 Å². The van der Waals surface area contributed by atoms with E-state index >= 15 is 0 Å². The van der Waals surface area contributed by atoms with Gasteiger partial charge in [-0.15, -0.1) is 0 Å². The van der Waals surface area contributed by atoms with E-state index in [2.05, 4.69) is 17.4 Å². The van der Waals surface area contributed by atoms with Crippen LogP contribution < -0.4 is 11.1 Å². The molecule has 0 fully saturated rings. The third kappa shape index (κ3) is 7.34. The Morgan fingerprint density at radius 1 is 1.42 bits per heavy atom. The average molecular weight is 173 g/mol. The zero-order valence-electron chi connectivity index (χ0n) is 7.71. The van der Waals surface area contributed by atoms with E-state index in [0.29, 0.717) is 12.3 Å². The Morgan fingerprint density at radius 2 is 2.17 bits per heavy atom. The maximum atomic E-state index is 8.22. The summed E-state index contributed by atoms with van der Waals surface area (Å²) in [6.45, 7) is 4.24. The molecule has 0 atom stereocenters. The average Bonchev–Trinajstić information content (AvgIpc) is 2.10. The fourth-order valence-corrected chi connectivity index (χ4v) is 0.908. The summed E-state index contributed by atoms with van der Waals surface area (Å²) < 4.78 is 0. The third-order valence-corrected chi connectivity index (χ3v) is 1.59. The molecule has 0 aliphatic rings. The van der Waals surface area contributed by atoms with Gasteiger partial charge in [0.25, 0.3) is 0 Å². The number of unbranched alkanes of at least 4 members (excludes halogenated alkanes) is 1. The molecule has 0 heterocycles. The lowest BCUT2D eigenvalue weighted by molar-refractivity contribution is 0.316. The summed E-state index contributed by atoms with van der Waals surface area (Å²) in [6, 6.07) is 0. The Kier molecular flexibility index (Phi) is 7.79. The fraction of sp³-hybridized carbons (Fsp3) is 0.875. The van der Waals surface area contributed by atoms with Crippen molar-refractivity contribution in [2.45, 2.75) is 32.6 Å². The Hall–Kier alpha value is -0.770. The van der Waals surface area contributed by atoms with Gasteiger partial charge >= 0.3 is 0 Å². The maximum absolute atomic E-state index is 8.22. The first-order valence-corrected chi connectivity index (χ1v) is 4.48. The second-order valence-electron chi connectivity index (χ2n) is 2.80. The van der Waals surface area contributed by atoms with E-state index in [1.54, 1.807) is 0 Å². The van der Waals surface area contributed by atoms with Gasteiger partial charge in [0.05, 0.1) is 0 Å². The molecule has 0 aromatic rings. The van der Waals surface area contributed by atoms with Crippen molar-refractivity contribution in [3.05, 3.63) is 0 Å². The maximum Gasteiger partial charge on any atom is 0.139 e. The van der Waals surface area contributed by atoms with Crippen LogP contribution in [0.25, 0.3) is 0 Å². The van der Waals surface area contributed by atoms with Gasteiger partial charge in [0, 0.05) is 6.42 Å². The number of rotatable bonds is 7. The van der Waals surface area contributed by atoms with Gasteiger partial charge in [0.1, 0.15) is 5.84 Å². The minimum absolute atomic E-state index is 0.325. The number of amidine groups is 1. The van der Waals surface area contributed by atoms with Crippen LogP contribution in [0.3, 0.4) is 0 Å². The van der Waals surface area contributed by atoms with E-state index in [4.69, 9.17) is 10.9 Å². The predicted octanol–water partition coefficient (Wildman–Crippen LogP) is 0.903. The van der Waals surface area contributed by atoms with Gasteiger partial charge in [-0.25, -0.2) is 0 Å². The molecule has 72 valence electrons. The Bertz CT molecular complexity index is 125. The molecule has 0 aliphatic carbocycles. The van der Waals surface area contributed by atoms with Crippen molar-refractivity contribution < 1.29 is 5.21 Å². The van der Waals surface area contributed by atoms with Crippen LogP contribution in [0.5, 0.6) is 0 Å². The molecule has 0 spiro atoms. The molecule has 0 rings (SSSR count). The molecule has 0 unspecified atom stereocenters. The van der Waals surface area contributed by atoms with Crippen LogP contribution in [0.15, 0.2) is 5.16 Å². The van der Waals surface area contributed by atoms with Crippen molar-refractivity contribution >= 4 is 5.84 Å². The van der Waals surface area contributed by atoms with Crippen LogP contribution >= 0.6 is 0 Å². The van der Waals surface area contributed by atoms with Crippen LogP contribution in [-0.4, -0.2) is 24.1 Å². The van der Waals surface area contributed by atoms with Crippen LogP contribution in [0.2, 0.25) is 0 Å². The molecule has 4 N–H and O–H groups in total. The largest absolute Gasteiger partial charge is 0.409 e. The molecular weight excluding hydrogens is 154 g/mol. The molecule has 12 heavy (non-hydrogen) atoms. The first-order valence-electron chi connectivity index (χ1n) is 4.48. The highest BCUT2D eigenvalue weighted by Gasteiger charge is 1.92. The quantitative estimate of drug-likeness (QED) is 0.176. The van der Waals surface area contributed by atoms with E-state index in [1.165, 1.54) is 6.42 Å². The lowest BCUT2D eigenvalue weighted by Crippen LogP contribution is -2.17. The summed E-state index contributed by atoms with van der Waals surface area (Å²) in [5.41, 5.74) is 5.29. The molecular formula is C8H19N3O. The lowest BCUT2D eigenvalue weighted by atomic mass is 10.2. The number of nitrogens with one attached hydrogen (secondary N) is 1. The van der Waals surface area contributed by atoms with Gasteiger partial charge in [0.15, 0.2) is 0 Å². The first kappa shape index (κ1) is 11.2. The molecule has 0 saturated heterocycles. The van der Waals surface area contributed by atoms with Gasteiger partial charge in [-0.2, -0.15) is 0 Å². The first-order chi connectivity index (χ1) is 5.81. The van der Waals surface area contributed by atoms with Crippen LogP contribution in [0.1, 0.15) is 32.6 Å². The van der Waals surface area contributed by atoms with Gasteiger partial charge < -0.3 is 16.3 Å². The zero-order chi connectivity index (χ0) is 9.23. The second kappa shape index (κ2) is 8.33. The summed E-state index contributed by atoms with van der Waals surface area (Å²) in [5.74, 6) is 0.325. The van der Waals surface area contributed by atoms with Crippen molar-refractivity contribution in [3.8, 4) is 0 Å². The normalized spacial score (nSPS) is 11.9. The van der Waals surface area contributed by atoms with E-state index in [0.717, 1.165) is 25.9 Å². The van der Waals surface area contributed by atoms with Crippen molar-refractivity contribution in [1.29, 1.82) is 0 Å². The van der Waals surface area contributed by atoms with Gasteiger partial charge in [0.2, 0.25) is 0 Å². The highest BCUT2D eigenvalue weighted by molar-refractivity contribution is 5.79. The Morgan fingerprint density at radius 3 is 2.75 bits per heavy atom. The SMILES string of the molecule is CCCNCCCCC(N)=NO. The van der Waals surface area contributed by atoms with Crippen molar-refractivity contribution in [2.24, 2.45) is 10.9 Å². The number of nitrogens with zero attached hydrogens (tertiary/aromatic N) is 1. The molecule has 0 aromatic heterocycles. The topological polar surface area (TPSA) is 70.6 Å². The summed E-state index contributed by atoms with van der Waals surface area (Å²) >= 11 is 0. The van der Waals surface area contributed by atoms with Gasteiger partial charge in [-0.05, 0) is 32.4 Å². The number of hydrogen-bond acceptors (Lipinski definition) is 3.